The van der Waals surface area contributed by atoms with Gasteiger partial charge >= 0.3 is 0 Å². The lowest BCUT2D eigenvalue weighted by molar-refractivity contribution is -0.130. The number of anilines is 1. The highest BCUT2D eigenvalue weighted by molar-refractivity contribution is 7.09. The van der Waals surface area contributed by atoms with E-state index in [1.807, 2.05) is 18.7 Å². The Labute approximate surface area is 113 Å². The van der Waals surface area contributed by atoms with Crippen LogP contribution in [0, 0.1) is 0 Å². The van der Waals surface area contributed by atoms with Crippen LogP contribution in [0.15, 0.2) is 0 Å². The summed E-state index contributed by atoms with van der Waals surface area (Å²) in [5, 5.41) is 3.97. The van der Waals surface area contributed by atoms with Gasteiger partial charge in [0.2, 0.25) is 11.0 Å². The van der Waals surface area contributed by atoms with Gasteiger partial charge in [0.05, 0.1) is 0 Å². The first-order valence-electron chi connectivity index (χ1n) is 6.55. The number of aromatic nitrogens is 2. The maximum atomic E-state index is 11.8. The molecule has 0 saturated heterocycles. The highest BCUT2D eigenvalue weighted by Crippen LogP contribution is 2.12. The van der Waals surface area contributed by atoms with E-state index < -0.39 is 0 Å². The molecule has 6 heteroatoms. The smallest absolute Gasteiger partial charge is 0.224 e. The minimum absolute atomic E-state index is 0.186. The van der Waals surface area contributed by atoms with Crippen LogP contribution < -0.4 is 5.32 Å². The van der Waals surface area contributed by atoms with Crippen molar-refractivity contribution in [3.05, 3.63) is 5.82 Å². The normalized spacial score (nSPS) is 10.4. The zero-order chi connectivity index (χ0) is 13.4. The predicted octanol–water partition coefficient (Wildman–Crippen LogP) is 2.16. The van der Waals surface area contributed by atoms with Gasteiger partial charge in [-0.3, -0.25) is 4.79 Å². The van der Waals surface area contributed by atoms with Crippen LogP contribution in [0.3, 0.4) is 0 Å². The third kappa shape index (κ3) is 4.60. The van der Waals surface area contributed by atoms with Crippen molar-refractivity contribution in [2.45, 2.75) is 40.0 Å². The van der Waals surface area contributed by atoms with Crippen molar-refractivity contribution in [1.82, 2.24) is 14.3 Å². The molecule has 0 saturated carbocycles. The van der Waals surface area contributed by atoms with Crippen LogP contribution in [0.2, 0.25) is 0 Å². The molecule has 1 aromatic rings. The van der Waals surface area contributed by atoms with Crippen LogP contribution in [0.25, 0.3) is 0 Å². The Morgan fingerprint density at radius 1 is 1.33 bits per heavy atom. The maximum Gasteiger partial charge on any atom is 0.224 e. The minimum atomic E-state index is 0.186. The Morgan fingerprint density at radius 2 is 2.06 bits per heavy atom. The van der Waals surface area contributed by atoms with Gasteiger partial charge in [-0.1, -0.05) is 6.92 Å². The van der Waals surface area contributed by atoms with Gasteiger partial charge in [-0.2, -0.15) is 4.37 Å². The number of carbonyl (C=O) groups excluding carboxylic acids is 1. The van der Waals surface area contributed by atoms with Crippen molar-refractivity contribution in [1.29, 1.82) is 0 Å². The summed E-state index contributed by atoms with van der Waals surface area (Å²) in [4.78, 5) is 17.9. The molecule has 1 aromatic heterocycles. The van der Waals surface area contributed by atoms with Crippen molar-refractivity contribution >= 4 is 22.6 Å². The van der Waals surface area contributed by atoms with Crippen molar-refractivity contribution in [3.8, 4) is 0 Å². The largest absolute Gasteiger partial charge is 0.360 e. The lowest BCUT2D eigenvalue weighted by Crippen LogP contribution is -2.31. The molecule has 0 unspecified atom stereocenters. The second kappa shape index (κ2) is 8.02. The average molecular weight is 270 g/mol. The number of amides is 1. The van der Waals surface area contributed by atoms with E-state index in [1.165, 1.54) is 11.5 Å². The van der Waals surface area contributed by atoms with E-state index in [4.69, 9.17) is 0 Å². The van der Waals surface area contributed by atoms with Gasteiger partial charge in [-0.05, 0) is 20.3 Å². The summed E-state index contributed by atoms with van der Waals surface area (Å²) >= 11 is 1.36. The molecule has 0 aliphatic heterocycles. The average Bonchev–Trinajstić information content (AvgIpc) is 2.79. The number of hydrogen-bond donors (Lipinski definition) is 1. The van der Waals surface area contributed by atoms with E-state index in [9.17, 15) is 4.79 Å². The fourth-order valence-electron chi connectivity index (χ4n) is 1.66. The molecule has 1 rings (SSSR count). The van der Waals surface area contributed by atoms with Crippen molar-refractivity contribution in [3.63, 3.8) is 0 Å². The quantitative estimate of drug-likeness (QED) is 0.786. The van der Waals surface area contributed by atoms with Gasteiger partial charge in [0.25, 0.3) is 0 Å². The maximum absolute atomic E-state index is 11.8. The molecule has 1 N–H and O–H groups in total. The Kier molecular flexibility index (Phi) is 6.64. The van der Waals surface area contributed by atoms with E-state index in [-0.39, 0.29) is 5.91 Å². The fraction of sp³-hybridized carbons (Fsp3) is 0.750. The Morgan fingerprint density at radius 3 is 2.67 bits per heavy atom. The fourth-order valence-corrected chi connectivity index (χ4v) is 2.30. The summed E-state index contributed by atoms with van der Waals surface area (Å²) < 4.78 is 4.24. The van der Waals surface area contributed by atoms with Crippen LogP contribution in [-0.2, 0) is 11.2 Å². The highest BCUT2D eigenvalue weighted by Gasteiger charge is 2.09. The molecule has 0 aliphatic rings. The first kappa shape index (κ1) is 14.9. The van der Waals surface area contributed by atoms with Gasteiger partial charge in [-0.15, -0.1) is 0 Å². The van der Waals surface area contributed by atoms with Crippen molar-refractivity contribution < 1.29 is 4.79 Å². The third-order valence-electron chi connectivity index (χ3n) is 2.67. The molecular weight excluding hydrogens is 248 g/mol. The molecule has 102 valence electrons. The molecule has 1 heterocycles. The van der Waals surface area contributed by atoms with Crippen molar-refractivity contribution in [2.75, 3.05) is 25.0 Å². The van der Waals surface area contributed by atoms with E-state index in [0.29, 0.717) is 13.0 Å². The number of carbonyl (C=O) groups is 1. The zero-order valence-corrected chi connectivity index (χ0v) is 12.2. The topological polar surface area (TPSA) is 58.1 Å². The van der Waals surface area contributed by atoms with Crippen LogP contribution in [-0.4, -0.2) is 39.8 Å². The Bertz CT molecular complexity index is 363. The van der Waals surface area contributed by atoms with E-state index in [0.717, 1.165) is 36.9 Å². The van der Waals surface area contributed by atoms with Gasteiger partial charge < -0.3 is 10.2 Å². The summed E-state index contributed by atoms with van der Waals surface area (Å²) in [6, 6.07) is 0. The van der Waals surface area contributed by atoms with Crippen LogP contribution in [0.5, 0.6) is 0 Å². The van der Waals surface area contributed by atoms with Gasteiger partial charge in [0.1, 0.15) is 5.82 Å². The second-order valence-electron chi connectivity index (χ2n) is 4.01. The monoisotopic (exact) mass is 270 g/mol. The molecule has 0 radical (unpaired) electrons. The molecular formula is C12H22N4OS. The first-order valence-corrected chi connectivity index (χ1v) is 7.32. The molecule has 0 fully saturated rings. The summed E-state index contributed by atoms with van der Waals surface area (Å²) in [5.41, 5.74) is 0. The summed E-state index contributed by atoms with van der Waals surface area (Å²) in [6.45, 7) is 8.27. The first-order chi connectivity index (χ1) is 8.71. The number of hydrogen-bond acceptors (Lipinski definition) is 5. The number of rotatable bonds is 8. The summed E-state index contributed by atoms with van der Waals surface area (Å²) in [5.74, 6) is 1.07. The lowest BCUT2D eigenvalue weighted by Gasteiger charge is -2.18. The number of nitrogens with zero attached hydrogens (tertiary/aromatic N) is 3. The molecule has 0 bridgehead atoms. The van der Waals surface area contributed by atoms with E-state index in [2.05, 4.69) is 21.6 Å². The van der Waals surface area contributed by atoms with Crippen molar-refractivity contribution in [2.24, 2.45) is 0 Å². The SMILES string of the molecule is CCCc1nsc(NCCC(=O)N(CC)CC)n1. The summed E-state index contributed by atoms with van der Waals surface area (Å²) in [7, 11) is 0. The number of aryl methyl sites for hydroxylation is 1. The molecule has 0 aliphatic carbocycles. The molecule has 0 spiro atoms. The van der Waals surface area contributed by atoms with Gasteiger partial charge in [0, 0.05) is 44.0 Å². The third-order valence-corrected chi connectivity index (χ3v) is 3.38. The molecule has 0 atom stereocenters. The zero-order valence-electron chi connectivity index (χ0n) is 11.4. The van der Waals surface area contributed by atoms with E-state index in [1.54, 1.807) is 0 Å². The van der Waals surface area contributed by atoms with Crippen LogP contribution in [0.4, 0.5) is 5.13 Å². The Hall–Kier alpha value is -1.17. The molecule has 0 aromatic carbocycles. The minimum Gasteiger partial charge on any atom is -0.360 e. The molecule has 18 heavy (non-hydrogen) atoms. The van der Waals surface area contributed by atoms with E-state index >= 15 is 0 Å². The Balaban J connectivity index is 2.30. The van der Waals surface area contributed by atoms with Crippen LogP contribution in [0.1, 0.15) is 39.4 Å². The number of nitrogens with one attached hydrogen (secondary N) is 1. The predicted molar refractivity (Wildman–Crippen MR) is 74.9 cm³/mol. The highest BCUT2D eigenvalue weighted by atomic mass is 32.1. The summed E-state index contributed by atoms with van der Waals surface area (Å²) in [6.07, 6.45) is 2.47. The lowest BCUT2D eigenvalue weighted by atomic mass is 10.3. The molecule has 1 amide bonds. The van der Waals surface area contributed by atoms with Gasteiger partial charge in [-0.25, -0.2) is 4.98 Å². The van der Waals surface area contributed by atoms with Gasteiger partial charge in [0.15, 0.2) is 0 Å². The second-order valence-corrected chi connectivity index (χ2v) is 4.76. The molecule has 5 nitrogen and oxygen atoms in total. The standard InChI is InChI=1S/C12H22N4OS/c1-4-7-10-14-12(18-15-10)13-9-8-11(17)16(5-2)6-3/h4-9H2,1-3H3,(H,13,14,15). The van der Waals surface area contributed by atoms with Crippen LogP contribution >= 0.6 is 11.5 Å².